The molecule has 2 aromatic heterocycles. The molecule has 0 aromatic carbocycles. The van der Waals surface area contributed by atoms with Crippen molar-refractivity contribution in [3.63, 3.8) is 0 Å². The Balaban J connectivity index is 2.00. The molecule has 1 aliphatic heterocycles. The van der Waals surface area contributed by atoms with Crippen LogP contribution in [0.2, 0.25) is 0 Å². The van der Waals surface area contributed by atoms with Crippen molar-refractivity contribution in [2.45, 2.75) is 18.9 Å². The van der Waals surface area contributed by atoms with Gasteiger partial charge in [-0.3, -0.25) is 4.79 Å². The topological polar surface area (TPSA) is 101 Å². The summed E-state index contributed by atoms with van der Waals surface area (Å²) in [6.45, 7) is 0.869. The number of nitrogen functional groups attached to an aromatic ring is 1. The standard InChI is InChI=1S/C15H16N4O3S/c16-11-5-9-12(20)10(15(21)22)6-19(8-1-2-8)13(9)17-14(11)18-3-4-23-7-18/h5-6,8H,1-4,7,16H2,(H,21,22). The van der Waals surface area contributed by atoms with Gasteiger partial charge in [0.25, 0.3) is 0 Å². The molecule has 0 atom stereocenters. The first-order chi connectivity index (χ1) is 11.1. The fourth-order valence-corrected chi connectivity index (χ4v) is 3.85. The minimum Gasteiger partial charge on any atom is -0.477 e. The summed E-state index contributed by atoms with van der Waals surface area (Å²) in [6.07, 6.45) is 3.37. The van der Waals surface area contributed by atoms with E-state index in [-0.39, 0.29) is 17.0 Å². The number of nitrogens with zero attached hydrogens (tertiary/aromatic N) is 3. The molecule has 3 N–H and O–H groups in total. The fraction of sp³-hybridized carbons (Fsp3) is 0.400. The van der Waals surface area contributed by atoms with E-state index in [1.165, 1.54) is 6.20 Å². The van der Waals surface area contributed by atoms with Crippen LogP contribution in [0.25, 0.3) is 11.0 Å². The van der Waals surface area contributed by atoms with E-state index in [1.54, 1.807) is 6.07 Å². The molecule has 7 nitrogen and oxygen atoms in total. The van der Waals surface area contributed by atoms with E-state index >= 15 is 0 Å². The normalized spacial score (nSPS) is 17.8. The van der Waals surface area contributed by atoms with Gasteiger partial charge >= 0.3 is 5.97 Å². The van der Waals surface area contributed by atoms with E-state index < -0.39 is 11.4 Å². The molecule has 1 saturated heterocycles. The van der Waals surface area contributed by atoms with E-state index in [2.05, 4.69) is 9.88 Å². The number of pyridine rings is 2. The SMILES string of the molecule is Nc1cc2c(=O)c(C(=O)O)cn(C3CC3)c2nc1N1CCSC1. The highest BCUT2D eigenvalue weighted by Crippen LogP contribution is 2.38. The summed E-state index contributed by atoms with van der Waals surface area (Å²) < 4.78 is 1.83. The second kappa shape index (κ2) is 5.16. The van der Waals surface area contributed by atoms with Gasteiger partial charge in [0.05, 0.1) is 17.0 Å². The number of anilines is 2. The summed E-state index contributed by atoms with van der Waals surface area (Å²) in [5, 5.41) is 9.55. The van der Waals surface area contributed by atoms with Crippen molar-refractivity contribution in [2.24, 2.45) is 0 Å². The first-order valence-corrected chi connectivity index (χ1v) is 8.63. The molecule has 120 valence electrons. The Morgan fingerprint density at radius 1 is 1.43 bits per heavy atom. The van der Waals surface area contributed by atoms with Crippen molar-refractivity contribution >= 4 is 40.3 Å². The average molecular weight is 332 g/mol. The molecule has 1 saturated carbocycles. The number of carboxylic acids is 1. The van der Waals surface area contributed by atoms with Crippen LogP contribution in [-0.4, -0.2) is 38.8 Å². The Hall–Kier alpha value is -2.22. The summed E-state index contributed by atoms with van der Waals surface area (Å²) in [5.74, 6) is 1.31. The zero-order valence-corrected chi connectivity index (χ0v) is 13.2. The zero-order chi connectivity index (χ0) is 16.1. The molecule has 1 aliphatic carbocycles. The van der Waals surface area contributed by atoms with Gasteiger partial charge in [0.2, 0.25) is 5.43 Å². The summed E-state index contributed by atoms with van der Waals surface area (Å²) in [5.41, 5.74) is 6.29. The summed E-state index contributed by atoms with van der Waals surface area (Å²) >= 11 is 1.81. The Bertz CT molecular complexity index is 869. The third kappa shape index (κ3) is 2.33. The second-order valence-corrected chi connectivity index (χ2v) is 6.96. The van der Waals surface area contributed by atoms with Crippen LogP contribution in [0.5, 0.6) is 0 Å². The van der Waals surface area contributed by atoms with Crippen molar-refractivity contribution in [2.75, 3.05) is 28.8 Å². The largest absolute Gasteiger partial charge is 0.477 e. The molecule has 8 heteroatoms. The van der Waals surface area contributed by atoms with Gasteiger partial charge in [-0.05, 0) is 18.9 Å². The van der Waals surface area contributed by atoms with Crippen molar-refractivity contribution in [3.8, 4) is 0 Å². The van der Waals surface area contributed by atoms with Crippen molar-refractivity contribution in [3.05, 3.63) is 28.0 Å². The van der Waals surface area contributed by atoms with Gasteiger partial charge in [0.15, 0.2) is 5.82 Å². The smallest absolute Gasteiger partial charge is 0.341 e. The molecule has 0 amide bonds. The lowest BCUT2D eigenvalue weighted by Gasteiger charge is -2.19. The molecule has 2 aliphatic rings. The minimum absolute atomic E-state index is 0.216. The van der Waals surface area contributed by atoms with Gasteiger partial charge in [-0.15, -0.1) is 11.8 Å². The highest BCUT2D eigenvalue weighted by atomic mass is 32.2. The second-order valence-electron chi connectivity index (χ2n) is 5.89. The van der Waals surface area contributed by atoms with Crippen molar-refractivity contribution < 1.29 is 9.90 Å². The lowest BCUT2D eigenvalue weighted by Crippen LogP contribution is -2.23. The van der Waals surface area contributed by atoms with Crippen molar-refractivity contribution in [1.82, 2.24) is 9.55 Å². The number of hydrogen-bond acceptors (Lipinski definition) is 6. The van der Waals surface area contributed by atoms with Crippen LogP contribution in [0.1, 0.15) is 29.2 Å². The third-order valence-corrected chi connectivity index (χ3v) is 5.20. The Kier molecular flexibility index (Phi) is 3.22. The van der Waals surface area contributed by atoms with Crippen LogP contribution in [0.4, 0.5) is 11.5 Å². The number of aromatic carboxylic acids is 1. The number of nitrogens with two attached hydrogens (primary N) is 1. The maximum atomic E-state index is 12.4. The summed E-state index contributed by atoms with van der Waals surface area (Å²) in [6, 6.07) is 1.79. The fourth-order valence-electron chi connectivity index (χ4n) is 2.90. The molecule has 0 bridgehead atoms. The van der Waals surface area contributed by atoms with Gasteiger partial charge in [0, 0.05) is 24.5 Å². The lowest BCUT2D eigenvalue weighted by atomic mass is 10.1. The number of carbonyl (C=O) groups is 1. The van der Waals surface area contributed by atoms with Gasteiger partial charge in [0.1, 0.15) is 11.2 Å². The Labute approximate surface area is 136 Å². The minimum atomic E-state index is -1.22. The number of hydrogen-bond donors (Lipinski definition) is 2. The first kappa shape index (κ1) is 14.4. The lowest BCUT2D eigenvalue weighted by molar-refractivity contribution is 0.0695. The third-order valence-electron chi connectivity index (χ3n) is 4.24. The molecule has 0 radical (unpaired) electrons. The predicted octanol–water partition coefficient (Wildman–Crippen LogP) is 1.52. The van der Waals surface area contributed by atoms with Gasteiger partial charge < -0.3 is 20.3 Å². The van der Waals surface area contributed by atoms with E-state index in [0.717, 1.165) is 31.0 Å². The van der Waals surface area contributed by atoms with Crippen molar-refractivity contribution in [1.29, 1.82) is 0 Å². The molecule has 2 fully saturated rings. The molecule has 2 aromatic rings. The van der Waals surface area contributed by atoms with Gasteiger partial charge in [-0.2, -0.15) is 0 Å². The van der Waals surface area contributed by atoms with E-state index in [4.69, 9.17) is 5.73 Å². The predicted molar refractivity (Wildman–Crippen MR) is 90.3 cm³/mol. The maximum Gasteiger partial charge on any atom is 0.341 e. The quantitative estimate of drug-likeness (QED) is 0.878. The Morgan fingerprint density at radius 3 is 2.83 bits per heavy atom. The van der Waals surface area contributed by atoms with E-state index in [9.17, 15) is 14.7 Å². The number of aromatic nitrogens is 2. The number of rotatable bonds is 3. The zero-order valence-electron chi connectivity index (χ0n) is 12.4. The molecule has 0 spiro atoms. The molecular weight excluding hydrogens is 316 g/mol. The van der Waals surface area contributed by atoms with E-state index in [1.807, 2.05) is 16.3 Å². The molecule has 4 rings (SSSR count). The highest BCUT2D eigenvalue weighted by Gasteiger charge is 2.28. The number of thioether (sulfide) groups is 1. The van der Waals surface area contributed by atoms with Gasteiger partial charge in [-0.25, -0.2) is 9.78 Å². The van der Waals surface area contributed by atoms with Crippen LogP contribution in [0.3, 0.4) is 0 Å². The monoisotopic (exact) mass is 332 g/mol. The van der Waals surface area contributed by atoms with E-state index in [0.29, 0.717) is 17.2 Å². The number of fused-ring (bicyclic) bond motifs is 1. The molecule has 23 heavy (non-hydrogen) atoms. The first-order valence-electron chi connectivity index (χ1n) is 7.47. The Morgan fingerprint density at radius 2 is 2.22 bits per heavy atom. The molecular formula is C15H16N4O3S. The number of carboxylic acid groups (broad SMARTS) is 1. The maximum absolute atomic E-state index is 12.4. The highest BCUT2D eigenvalue weighted by molar-refractivity contribution is 7.99. The average Bonchev–Trinajstić information content (AvgIpc) is 3.21. The van der Waals surface area contributed by atoms with Crippen LogP contribution in [0.15, 0.2) is 17.1 Å². The summed E-state index contributed by atoms with van der Waals surface area (Å²) in [7, 11) is 0. The molecule has 0 unspecified atom stereocenters. The van der Waals surface area contributed by atoms with Crippen LogP contribution in [-0.2, 0) is 0 Å². The van der Waals surface area contributed by atoms with Gasteiger partial charge in [-0.1, -0.05) is 0 Å². The van der Waals surface area contributed by atoms with Crippen LogP contribution in [0, 0.1) is 0 Å². The van der Waals surface area contributed by atoms with Crippen LogP contribution >= 0.6 is 11.8 Å². The van der Waals surface area contributed by atoms with Crippen LogP contribution < -0.4 is 16.1 Å². The summed E-state index contributed by atoms with van der Waals surface area (Å²) in [4.78, 5) is 30.5. The molecule has 3 heterocycles.